The minimum absolute atomic E-state index is 0.110. The Labute approximate surface area is 114 Å². The average molecular weight is 286 g/mol. The third kappa shape index (κ3) is 3.79. The summed E-state index contributed by atoms with van der Waals surface area (Å²) >= 11 is 0. The summed E-state index contributed by atoms with van der Waals surface area (Å²) in [6.07, 6.45) is 1.31. The summed E-state index contributed by atoms with van der Waals surface area (Å²) in [4.78, 5) is 0. The Morgan fingerprint density at radius 3 is 2.89 bits per heavy atom. The first-order valence-electron chi connectivity index (χ1n) is 6.81. The van der Waals surface area contributed by atoms with E-state index in [1.54, 1.807) is 0 Å². The maximum Gasteiger partial charge on any atom is 0.150 e. The van der Waals surface area contributed by atoms with Gasteiger partial charge in [0.15, 0.2) is 9.84 Å². The SMILES string of the molecule is CCn1nc(C)cc1CC(O)CC1CCS(=O)(=O)C1. The van der Waals surface area contributed by atoms with Gasteiger partial charge in [0.25, 0.3) is 0 Å². The van der Waals surface area contributed by atoms with Crippen molar-refractivity contribution in [3.8, 4) is 0 Å². The van der Waals surface area contributed by atoms with Crippen molar-refractivity contribution in [1.29, 1.82) is 0 Å². The fourth-order valence-electron chi connectivity index (χ4n) is 2.80. The lowest BCUT2D eigenvalue weighted by Crippen LogP contribution is -2.19. The maximum absolute atomic E-state index is 11.4. The summed E-state index contributed by atoms with van der Waals surface area (Å²) in [6, 6.07) is 1.98. The van der Waals surface area contributed by atoms with E-state index >= 15 is 0 Å². The van der Waals surface area contributed by atoms with Crippen LogP contribution in [0.3, 0.4) is 0 Å². The number of aliphatic hydroxyl groups excluding tert-OH is 1. The van der Waals surface area contributed by atoms with Crippen molar-refractivity contribution in [2.24, 2.45) is 5.92 Å². The molecule has 2 atom stereocenters. The monoisotopic (exact) mass is 286 g/mol. The molecular formula is C13H22N2O3S. The second-order valence-electron chi connectivity index (χ2n) is 5.46. The molecule has 0 radical (unpaired) electrons. The van der Waals surface area contributed by atoms with Gasteiger partial charge in [0, 0.05) is 18.7 Å². The van der Waals surface area contributed by atoms with Crippen molar-refractivity contribution in [1.82, 2.24) is 9.78 Å². The van der Waals surface area contributed by atoms with Crippen molar-refractivity contribution < 1.29 is 13.5 Å². The summed E-state index contributed by atoms with van der Waals surface area (Å²) in [7, 11) is -2.85. The first kappa shape index (κ1) is 14.5. The molecule has 5 nitrogen and oxygen atoms in total. The summed E-state index contributed by atoms with van der Waals surface area (Å²) in [5.41, 5.74) is 1.97. The molecule has 1 saturated heterocycles. The van der Waals surface area contributed by atoms with Crippen LogP contribution in [0.5, 0.6) is 0 Å². The molecule has 1 fully saturated rings. The molecule has 0 bridgehead atoms. The molecule has 2 rings (SSSR count). The van der Waals surface area contributed by atoms with Crippen LogP contribution in [0.15, 0.2) is 6.07 Å². The molecule has 1 aromatic heterocycles. The van der Waals surface area contributed by atoms with E-state index in [0.29, 0.717) is 19.3 Å². The second kappa shape index (κ2) is 5.63. The van der Waals surface area contributed by atoms with Crippen LogP contribution in [0.4, 0.5) is 0 Å². The van der Waals surface area contributed by atoms with Gasteiger partial charge in [-0.3, -0.25) is 4.68 Å². The molecule has 19 heavy (non-hydrogen) atoms. The zero-order valence-corrected chi connectivity index (χ0v) is 12.4. The Bertz CT molecular complexity index is 536. The van der Waals surface area contributed by atoms with Crippen molar-refractivity contribution in [3.63, 3.8) is 0 Å². The number of aliphatic hydroxyl groups is 1. The molecule has 2 unspecified atom stereocenters. The number of aromatic nitrogens is 2. The number of rotatable bonds is 5. The van der Waals surface area contributed by atoms with Gasteiger partial charge in [-0.25, -0.2) is 8.42 Å². The van der Waals surface area contributed by atoms with Crippen LogP contribution < -0.4 is 0 Å². The fraction of sp³-hybridized carbons (Fsp3) is 0.769. The van der Waals surface area contributed by atoms with Gasteiger partial charge < -0.3 is 5.11 Å². The van der Waals surface area contributed by atoms with Gasteiger partial charge in [-0.05, 0) is 38.7 Å². The molecule has 1 aliphatic heterocycles. The lowest BCUT2D eigenvalue weighted by atomic mass is 9.98. The number of aryl methyl sites for hydroxylation is 2. The molecule has 108 valence electrons. The van der Waals surface area contributed by atoms with Crippen LogP contribution in [-0.4, -0.2) is 40.9 Å². The predicted molar refractivity (Wildman–Crippen MR) is 73.7 cm³/mol. The molecule has 0 aromatic carbocycles. The molecule has 1 aromatic rings. The highest BCUT2D eigenvalue weighted by atomic mass is 32.2. The lowest BCUT2D eigenvalue weighted by molar-refractivity contribution is 0.144. The first-order valence-corrected chi connectivity index (χ1v) is 8.63. The summed E-state index contributed by atoms with van der Waals surface area (Å²) in [5.74, 6) is 0.617. The third-order valence-electron chi connectivity index (χ3n) is 3.66. The Hall–Kier alpha value is -0.880. The first-order chi connectivity index (χ1) is 8.89. The standard InChI is InChI=1S/C13H22N2O3S/c1-3-15-12(6-10(2)14-15)8-13(16)7-11-4-5-19(17,18)9-11/h6,11,13,16H,3-5,7-9H2,1-2H3. The van der Waals surface area contributed by atoms with E-state index in [9.17, 15) is 13.5 Å². The van der Waals surface area contributed by atoms with E-state index < -0.39 is 15.9 Å². The minimum Gasteiger partial charge on any atom is -0.393 e. The largest absolute Gasteiger partial charge is 0.393 e. The van der Waals surface area contributed by atoms with Gasteiger partial charge in [0.05, 0.1) is 23.3 Å². The van der Waals surface area contributed by atoms with E-state index in [2.05, 4.69) is 5.10 Å². The lowest BCUT2D eigenvalue weighted by Gasteiger charge is -2.15. The third-order valence-corrected chi connectivity index (χ3v) is 5.50. The zero-order chi connectivity index (χ0) is 14.0. The van der Waals surface area contributed by atoms with Crippen LogP contribution in [0.25, 0.3) is 0 Å². The second-order valence-corrected chi connectivity index (χ2v) is 7.68. The Kier molecular flexibility index (Phi) is 4.30. The molecule has 2 heterocycles. The fourth-order valence-corrected chi connectivity index (χ4v) is 4.68. The Morgan fingerprint density at radius 1 is 1.58 bits per heavy atom. The Morgan fingerprint density at radius 2 is 2.32 bits per heavy atom. The van der Waals surface area contributed by atoms with Crippen molar-refractivity contribution in [3.05, 3.63) is 17.5 Å². The van der Waals surface area contributed by atoms with Gasteiger partial charge in [-0.1, -0.05) is 0 Å². The molecule has 0 aliphatic carbocycles. The van der Waals surface area contributed by atoms with Crippen molar-refractivity contribution in [2.75, 3.05) is 11.5 Å². The van der Waals surface area contributed by atoms with Crippen LogP contribution >= 0.6 is 0 Å². The highest BCUT2D eigenvalue weighted by Crippen LogP contribution is 2.24. The van der Waals surface area contributed by atoms with E-state index in [0.717, 1.165) is 17.9 Å². The Balaban J connectivity index is 1.92. The van der Waals surface area contributed by atoms with E-state index in [1.165, 1.54) is 0 Å². The average Bonchev–Trinajstić information content (AvgIpc) is 2.81. The van der Waals surface area contributed by atoms with E-state index in [4.69, 9.17) is 0 Å². The van der Waals surface area contributed by atoms with Crippen molar-refractivity contribution in [2.45, 2.75) is 45.8 Å². The van der Waals surface area contributed by atoms with Crippen LogP contribution in [0.1, 0.15) is 31.2 Å². The van der Waals surface area contributed by atoms with Gasteiger partial charge in [0.1, 0.15) is 0 Å². The number of hydrogen-bond donors (Lipinski definition) is 1. The van der Waals surface area contributed by atoms with E-state index in [-0.39, 0.29) is 17.4 Å². The molecule has 1 aliphatic rings. The highest BCUT2D eigenvalue weighted by Gasteiger charge is 2.29. The van der Waals surface area contributed by atoms with Crippen LogP contribution in [0, 0.1) is 12.8 Å². The maximum atomic E-state index is 11.4. The molecule has 0 saturated carbocycles. The molecular weight excluding hydrogens is 264 g/mol. The molecule has 0 amide bonds. The van der Waals surface area contributed by atoms with Gasteiger partial charge >= 0.3 is 0 Å². The highest BCUT2D eigenvalue weighted by molar-refractivity contribution is 7.91. The smallest absolute Gasteiger partial charge is 0.150 e. The number of sulfone groups is 1. The normalized spacial score (nSPS) is 23.6. The summed E-state index contributed by atoms with van der Waals surface area (Å²) in [6.45, 7) is 4.74. The molecule has 6 heteroatoms. The quantitative estimate of drug-likeness (QED) is 0.874. The van der Waals surface area contributed by atoms with Crippen LogP contribution in [0.2, 0.25) is 0 Å². The summed E-state index contributed by atoms with van der Waals surface area (Å²) in [5, 5.41) is 14.5. The van der Waals surface area contributed by atoms with Crippen molar-refractivity contribution >= 4 is 9.84 Å². The van der Waals surface area contributed by atoms with Gasteiger partial charge in [0.2, 0.25) is 0 Å². The zero-order valence-electron chi connectivity index (χ0n) is 11.5. The van der Waals surface area contributed by atoms with Gasteiger partial charge in [-0.15, -0.1) is 0 Å². The number of nitrogens with zero attached hydrogens (tertiary/aromatic N) is 2. The minimum atomic E-state index is -2.85. The predicted octanol–water partition coefficient (Wildman–Crippen LogP) is 0.940. The van der Waals surface area contributed by atoms with Gasteiger partial charge in [-0.2, -0.15) is 5.10 Å². The van der Waals surface area contributed by atoms with E-state index in [1.807, 2.05) is 24.6 Å². The number of hydrogen-bond acceptors (Lipinski definition) is 4. The molecule has 1 N–H and O–H groups in total. The summed E-state index contributed by atoms with van der Waals surface area (Å²) < 4.78 is 24.7. The van der Waals surface area contributed by atoms with Crippen LogP contribution in [-0.2, 0) is 22.8 Å². The molecule has 0 spiro atoms. The topological polar surface area (TPSA) is 72.2 Å².